The van der Waals surface area contributed by atoms with E-state index in [4.69, 9.17) is 4.74 Å². The Morgan fingerprint density at radius 2 is 2.20 bits per heavy atom. The quantitative estimate of drug-likeness (QED) is 0.539. The normalized spacial score (nSPS) is 11.4. The summed E-state index contributed by atoms with van der Waals surface area (Å²) in [5, 5.41) is 2.00. The fraction of sp³-hybridized carbons (Fsp3) is 0.0714. The van der Waals surface area contributed by atoms with Gasteiger partial charge >= 0.3 is 118 Å². The molecule has 0 aliphatic carbocycles. The molecule has 1 N–H and O–H groups in total. The van der Waals surface area contributed by atoms with Gasteiger partial charge in [-0.15, -0.1) is 0 Å². The molecule has 4 rings (SSSR count). The molecule has 1 aromatic carbocycles. The van der Waals surface area contributed by atoms with Gasteiger partial charge in [0, 0.05) is 0 Å². The average Bonchev–Trinajstić information content (AvgIpc) is 2.83. The summed E-state index contributed by atoms with van der Waals surface area (Å²) in [7, 11) is 1.64. The van der Waals surface area contributed by atoms with Crippen molar-refractivity contribution in [2.24, 2.45) is 0 Å². The van der Waals surface area contributed by atoms with Gasteiger partial charge in [-0.2, -0.15) is 0 Å². The van der Waals surface area contributed by atoms with E-state index in [1.54, 1.807) is 7.11 Å². The molecule has 98 valence electrons. The van der Waals surface area contributed by atoms with Crippen molar-refractivity contribution in [3.05, 3.63) is 40.9 Å². The maximum absolute atomic E-state index is 11.8. The van der Waals surface area contributed by atoms with Crippen LogP contribution in [-0.2, 0) is 0 Å². The summed E-state index contributed by atoms with van der Waals surface area (Å²) in [6.07, 6.45) is 1.45. The number of fused-ring (bicyclic) bond motifs is 4. The number of hydrogen-bond acceptors (Lipinski definition) is 4. The van der Waals surface area contributed by atoms with Crippen LogP contribution in [0.15, 0.2) is 35.4 Å². The zero-order chi connectivity index (χ0) is 13.7. The number of H-pyrrole nitrogens is 1. The van der Waals surface area contributed by atoms with Crippen molar-refractivity contribution in [3.8, 4) is 5.75 Å². The minimum absolute atomic E-state index is 0.0605. The number of ether oxygens (including phenoxy) is 1. The second-order valence-electron chi connectivity index (χ2n) is 4.41. The SMILES string of the molecule is COc1ccc2cc3c(nc2c1)[se]c1c(=O)[nH]cnc13. The van der Waals surface area contributed by atoms with Gasteiger partial charge in [0.25, 0.3) is 0 Å². The first-order chi connectivity index (χ1) is 9.76. The number of nitrogens with one attached hydrogen (secondary N) is 1. The monoisotopic (exact) mass is 331 g/mol. The number of hydrogen-bond donors (Lipinski definition) is 1. The molecule has 0 amide bonds. The Morgan fingerprint density at radius 1 is 1.30 bits per heavy atom. The van der Waals surface area contributed by atoms with Gasteiger partial charge in [-0.3, -0.25) is 0 Å². The van der Waals surface area contributed by atoms with Crippen molar-refractivity contribution >= 4 is 45.0 Å². The Balaban J connectivity index is 2.18. The third kappa shape index (κ3) is 1.59. The van der Waals surface area contributed by atoms with Gasteiger partial charge in [0.2, 0.25) is 0 Å². The summed E-state index contributed by atoms with van der Waals surface area (Å²) in [6, 6.07) is 7.84. The molecule has 5 nitrogen and oxygen atoms in total. The van der Waals surface area contributed by atoms with E-state index in [1.807, 2.05) is 18.2 Å². The summed E-state index contributed by atoms with van der Waals surface area (Å²) in [4.78, 5) is 23.4. The van der Waals surface area contributed by atoms with Crippen LogP contribution in [0.4, 0.5) is 0 Å². The Kier molecular flexibility index (Phi) is 2.42. The fourth-order valence-electron chi connectivity index (χ4n) is 2.27. The predicted octanol–water partition coefficient (Wildman–Crippen LogP) is 1.69. The van der Waals surface area contributed by atoms with Crippen molar-refractivity contribution in [3.63, 3.8) is 0 Å². The van der Waals surface area contributed by atoms with E-state index >= 15 is 0 Å². The molecule has 0 unspecified atom stereocenters. The van der Waals surface area contributed by atoms with Crippen LogP contribution in [0.3, 0.4) is 0 Å². The minimum atomic E-state index is -0.0935. The molecule has 0 fully saturated rings. The first kappa shape index (κ1) is 11.6. The van der Waals surface area contributed by atoms with Gasteiger partial charge in [0.15, 0.2) is 0 Å². The van der Waals surface area contributed by atoms with E-state index in [0.29, 0.717) is 0 Å². The van der Waals surface area contributed by atoms with Crippen molar-refractivity contribution in [2.75, 3.05) is 7.11 Å². The number of methoxy groups -OCH3 is 1. The molecule has 0 bridgehead atoms. The van der Waals surface area contributed by atoms with Crippen molar-refractivity contribution in [1.29, 1.82) is 0 Å². The van der Waals surface area contributed by atoms with E-state index < -0.39 is 0 Å². The Hall–Kier alpha value is -2.17. The van der Waals surface area contributed by atoms with Crippen LogP contribution < -0.4 is 10.3 Å². The van der Waals surface area contributed by atoms with Crippen LogP contribution in [0, 0.1) is 0 Å². The second kappa shape index (κ2) is 4.16. The second-order valence-corrected chi connectivity index (χ2v) is 6.51. The van der Waals surface area contributed by atoms with Crippen LogP contribution in [0.1, 0.15) is 0 Å². The fourth-order valence-corrected chi connectivity index (χ4v) is 4.40. The molecule has 0 saturated heterocycles. The molecule has 0 aliphatic rings. The molecule has 20 heavy (non-hydrogen) atoms. The molecule has 6 heteroatoms. The number of benzene rings is 1. The standard InChI is InChI=1S/C14H9N3O2Se/c1-19-8-3-2-7-4-9-11-12(13(18)16-6-15-11)20-14(9)17-10(7)5-8/h2-6H,1H3,(H,15,16,18). The third-order valence-electron chi connectivity index (χ3n) is 3.25. The van der Waals surface area contributed by atoms with Crippen LogP contribution in [0.25, 0.3) is 30.5 Å². The average molecular weight is 330 g/mol. The summed E-state index contributed by atoms with van der Waals surface area (Å²) in [5.74, 6) is 0.781. The van der Waals surface area contributed by atoms with Crippen LogP contribution >= 0.6 is 0 Å². The van der Waals surface area contributed by atoms with Crippen LogP contribution in [0.5, 0.6) is 5.75 Å². The zero-order valence-corrected chi connectivity index (χ0v) is 12.2. The van der Waals surface area contributed by atoms with Crippen molar-refractivity contribution < 1.29 is 4.74 Å². The molecule has 3 heterocycles. The molecule has 3 aromatic heterocycles. The van der Waals surface area contributed by atoms with Crippen molar-refractivity contribution in [1.82, 2.24) is 15.0 Å². The van der Waals surface area contributed by atoms with E-state index in [9.17, 15) is 4.79 Å². The molecule has 0 saturated carbocycles. The first-order valence-electron chi connectivity index (χ1n) is 6.01. The topological polar surface area (TPSA) is 67.9 Å². The van der Waals surface area contributed by atoms with Gasteiger partial charge in [-0.1, -0.05) is 0 Å². The van der Waals surface area contributed by atoms with E-state index in [1.165, 1.54) is 6.33 Å². The Morgan fingerprint density at radius 3 is 3.05 bits per heavy atom. The molecule has 4 aromatic rings. The number of aromatic nitrogens is 3. The predicted molar refractivity (Wildman–Crippen MR) is 78.7 cm³/mol. The molecule has 0 spiro atoms. The maximum atomic E-state index is 11.8. The van der Waals surface area contributed by atoms with Crippen molar-refractivity contribution in [2.45, 2.75) is 0 Å². The summed E-state index contributed by atoms with van der Waals surface area (Å²) >= 11 is -0.0935. The summed E-state index contributed by atoms with van der Waals surface area (Å²) in [5.41, 5.74) is 1.60. The van der Waals surface area contributed by atoms with Gasteiger partial charge in [0.1, 0.15) is 0 Å². The van der Waals surface area contributed by atoms with E-state index in [2.05, 4.69) is 21.0 Å². The number of aromatic amines is 1. The molecular weight excluding hydrogens is 321 g/mol. The molecule has 0 aliphatic heterocycles. The zero-order valence-electron chi connectivity index (χ0n) is 10.5. The molecule has 0 radical (unpaired) electrons. The van der Waals surface area contributed by atoms with E-state index in [0.717, 1.165) is 36.2 Å². The van der Waals surface area contributed by atoms with Crippen LogP contribution in [0.2, 0.25) is 0 Å². The number of pyridine rings is 1. The number of nitrogens with zero attached hydrogens (tertiary/aromatic N) is 2. The Labute approximate surface area is 119 Å². The van der Waals surface area contributed by atoms with E-state index in [-0.39, 0.29) is 20.1 Å². The number of rotatable bonds is 1. The molecular formula is C14H9N3O2Se. The van der Waals surface area contributed by atoms with Gasteiger partial charge < -0.3 is 0 Å². The van der Waals surface area contributed by atoms with Gasteiger partial charge in [0.05, 0.1) is 0 Å². The summed E-state index contributed by atoms with van der Waals surface area (Å²) in [6.45, 7) is 0. The van der Waals surface area contributed by atoms with Crippen LogP contribution in [-0.4, -0.2) is 36.6 Å². The van der Waals surface area contributed by atoms with Gasteiger partial charge in [-0.05, 0) is 0 Å². The third-order valence-corrected chi connectivity index (χ3v) is 5.54. The summed E-state index contributed by atoms with van der Waals surface area (Å²) < 4.78 is 6.93. The Bertz CT molecular complexity index is 1020. The molecule has 0 atom stereocenters. The first-order valence-corrected chi connectivity index (χ1v) is 7.72. The van der Waals surface area contributed by atoms with Gasteiger partial charge in [-0.25, -0.2) is 0 Å².